The van der Waals surface area contributed by atoms with Gasteiger partial charge in [0.15, 0.2) is 0 Å². The normalized spacial score (nSPS) is 25.6. The highest BCUT2D eigenvalue weighted by atomic mass is 15.1. The Morgan fingerprint density at radius 2 is 1.77 bits per heavy atom. The first-order valence-electron chi connectivity index (χ1n) is 9.67. The third kappa shape index (κ3) is 5.63. The zero-order chi connectivity index (χ0) is 16.9. The molecule has 130 valence electrons. The quantitative estimate of drug-likeness (QED) is 0.445. The van der Waals surface area contributed by atoms with Crippen LogP contribution in [0.2, 0.25) is 0 Å². The van der Waals surface area contributed by atoms with Gasteiger partial charge in [-0.1, -0.05) is 60.5 Å². The summed E-state index contributed by atoms with van der Waals surface area (Å²) in [7, 11) is 0. The lowest BCUT2D eigenvalue weighted by Gasteiger charge is -2.31. The van der Waals surface area contributed by atoms with E-state index in [2.05, 4.69) is 60.3 Å². The van der Waals surface area contributed by atoms with Crippen molar-refractivity contribution in [1.82, 2.24) is 4.90 Å². The fourth-order valence-corrected chi connectivity index (χ4v) is 4.17. The Hall–Kier alpha value is -0.460. The van der Waals surface area contributed by atoms with Crippen molar-refractivity contribution in [2.24, 2.45) is 23.2 Å². The smallest absolute Gasteiger partial charge is 0.0208 e. The minimum Gasteiger partial charge on any atom is -0.375 e. The van der Waals surface area contributed by atoms with Crippen LogP contribution in [0.3, 0.4) is 0 Å². The Morgan fingerprint density at radius 1 is 1.14 bits per heavy atom. The van der Waals surface area contributed by atoms with Crippen LogP contribution >= 0.6 is 0 Å². The highest BCUT2D eigenvalue weighted by Gasteiger charge is 2.50. The van der Waals surface area contributed by atoms with Crippen molar-refractivity contribution >= 4 is 0 Å². The molecule has 1 saturated carbocycles. The third-order valence-electron chi connectivity index (χ3n) is 5.40. The molecule has 0 aliphatic heterocycles. The second-order valence-electron chi connectivity index (χ2n) is 8.74. The van der Waals surface area contributed by atoms with E-state index in [0.29, 0.717) is 5.41 Å². The van der Waals surface area contributed by atoms with Crippen LogP contribution in [-0.2, 0) is 0 Å². The summed E-state index contributed by atoms with van der Waals surface area (Å²) in [5.74, 6) is 2.48. The van der Waals surface area contributed by atoms with E-state index in [-0.39, 0.29) is 0 Å². The van der Waals surface area contributed by atoms with Crippen molar-refractivity contribution < 1.29 is 0 Å². The molecular weight excluding hydrogens is 266 g/mol. The van der Waals surface area contributed by atoms with Crippen LogP contribution in [0, 0.1) is 23.2 Å². The van der Waals surface area contributed by atoms with Crippen LogP contribution in [0.1, 0.15) is 87.5 Å². The predicted octanol–water partition coefficient (Wildman–Crippen LogP) is 6.50. The number of nitrogens with zero attached hydrogens (tertiary/aromatic N) is 1. The molecule has 1 rings (SSSR count). The van der Waals surface area contributed by atoms with Gasteiger partial charge in [-0.3, -0.25) is 0 Å². The number of allylic oxidation sites excluding steroid dienone is 2. The average molecular weight is 308 g/mol. The maximum atomic E-state index is 2.72. The van der Waals surface area contributed by atoms with Crippen molar-refractivity contribution in [3.05, 3.63) is 11.3 Å². The summed E-state index contributed by atoms with van der Waals surface area (Å²) in [6, 6.07) is 0. The highest BCUT2D eigenvalue weighted by molar-refractivity contribution is 5.13. The van der Waals surface area contributed by atoms with E-state index in [1.54, 1.807) is 11.3 Å². The summed E-state index contributed by atoms with van der Waals surface area (Å²) in [5, 5.41) is 0. The lowest BCUT2D eigenvalue weighted by molar-refractivity contribution is 0.263. The van der Waals surface area contributed by atoms with Gasteiger partial charge >= 0.3 is 0 Å². The maximum absolute atomic E-state index is 2.72. The Labute approximate surface area is 140 Å². The Bertz CT molecular complexity index is 366. The molecule has 1 aliphatic rings. The van der Waals surface area contributed by atoms with Crippen LogP contribution < -0.4 is 0 Å². The van der Waals surface area contributed by atoms with E-state index < -0.39 is 0 Å². The molecule has 0 amide bonds. The second-order valence-corrected chi connectivity index (χ2v) is 8.74. The summed E-state index contributed by atoms with van der Waals surface area (Å²) in [5.41, 5.74) is 3.87. The standard InChI is InChI=1S/C21H41N/c1-9-11-19(10-2)18(7)22(14-17(5)6)15-20-13-21(20,8)12-16(3)4/h16-17,20H,9-15H2,1-8H3. The fourth-order valence-electron chi connectivity index (χ4n) is 4.17. The fraction of sp³-hybridized carbons (Fsp3) is 0.905. The molecule has 0 aromatic carbocycles. The first-order valence-corrected chi connectivity index (χ1v) is 9.67. The zero-order valence-corrected chi connectivity index (χ0v) is 16.6. The number of hydrogen-bond donors (Lipinski definition) is 0. The topological polar surface area (TPSA) is 3.24 Å². The van der Waals surface area contributed by atoms with Gasteiger partial charge in [0, 0.05) is 18.8 Å². The molecule has 1 heteroatoms. The molecule has 0 aromatic rings. The first-order chi connectivity index (χ1) is 10.2. The monoisotopic (exact) mass is 307 g/mol. The van der Waals surface area contributed by atoms with Gasteiger partial charge < -0.3 is 4.90 Å². The summed E-state index contributed by atoms with van der Waals surface area (Å²) in [4.78, 5) is 2.72. The van der Waals surface area contributed by atoms with Crippen LogP contribution in [0.5, 0.6) is 0 Å². The van der Waals surface area contributed by atoms with Crippen molar-refractivity contribution in [3.63, 3.8) is 0 Å². The Morgan fingerprint density at radius 3 is 2.23 bits per heavy atom. The molecule has 0 saturated heterocycles. The molecule has 1 fully saturated rings. The van der Waals surface area contributed by atoms with Crippen molar-refractivity contribution in [1.29, 1.82) is 0 Å². The minimum atomic E-state index is 0.612. The molecule has 2 unspecified atom stereocenters. The Balaban J connectivity index is 2.78. The Kier molecular flexibility index (Phi) is 7.49. The number of rotatable bonds is 10. The molecule has 1 aliphatic carbocycles. The van der Waals surface area contributed by atoms with Gasteiger partial charge in [0.2, 0.25) is 0 Å². The molecule has 0 heterocycles. The van der Waals surface area contributed by atoms with Crippen LogP contribution in [-0.4, -0.2) is 18.0 Å². The van der Waals surface area contributed by atoms with Gasteiger partial charge in [-0.2, -0.15) is 0 Å². The van der Waals surface area contributed by atoms with Crippen molar-refractivity contribution in [2.75, 3.05) is 13.1 Å². The van der Waals surface area contributed by atoms with Crippen LogP contribution in [0.25, 0.3) is 0 Å². The third-order valence-corrected chi connectivity index (χ3v) is 5.40. The molecule has 1 nitrogen and oxygen atoms in total. The maximum Gasteiger partial charge on any atom is 0.0208 e. The summed E-state index contributed by atoms with van der Waals surface area (Å²) in [6.07, 6.45) is 6.57. The van der Waals surface area contributed by atoms with Gasteiger partial charge in [-0.25, -0.2) is 0 Å². The van der Waals surface area contributed by atoms with E-state index in [9.17, 15) is 0 Å². The summed E-state index contributed by atoms with van der Waals surface area (Å²) in [6.45, 7) is 21.4. The highest BCUT2D eigenvalue weighted by Crippen LogP contribution is 2.56. The van der Waals surface area contributed by atoms with Gasteiger partial charge in [0.05, 0.1) is 0 Å². The second kappa shape index (κ2) is 8.41. The van der Waals surface area contributed by atoms with Gasteiger partial charge in [-0.05, 0) is 55.8 Å². The molecule has 0 N–H and O–H groups in total. The van der Waals surface area contributed by atoms with Crippen molar-refractivity contribution in [3.8, 4) is 0 Å². The van der Waals surface area contributed by atoms with E-state index in [4.69, 9.17) is 0 Å². The predicted molar refractivity (Wildman–Crippen MR) is 100.0 cm³/mol. The molecule has 0 radical (unpaired) electrons. The number of hydrogen-bond acceptors (Lipinski definition) is 1. The van der Waals surface area contributed by atoms with E-state index in [0.717, 1.165) is 17.8 Å². The molecule has 0 spiro atoms. The largest absolute Gasteiger partial charge is 0.375 e. The summed E-state index contributed by atoms with van der Waals surface area (Å²) >= 11 is 0. The average Bonchev–Trinajstić information content (AvgIpc) is 3.02. The molecule has 0 bridgehead atoms. The van der Waals surface area contributed by atoms with E-state index >= 15 is 0 Å². The molecule has 22 heavy (non-hydrogen) atoms. The van der Waals surface area contributed by atoms with Crippen molar-refractivity contribution in [2.45, 2.75) is 87.5 Å². The van der Waals surface area contributed by atoms with Gasteiger partial charge in [-0.15, -0.1) is 0 Å². The molecule has 2 atom stereocenters. The van der Waals surface area contributed by atoms with Gasteiger partial charge in [0.1, 0.15) is 0 Å². The van der Waals surface area contributed by atoms with E-state index in [1.807, 2.05) is 0 Å². The first kappa shape index (κ1) is 19.6. The zero-order valence-electron chi connectivity index (χ0n) is 16.6. The summed E-state index contributed by atoms with van der Waals surface area (Å²) < 4.78 is 0. The SMILES string of the molecule is CCCC(CC)=C(C)N(CC(C)C)CC1CC1(C)CC(C)C. The molecule has 0 aromatic heterocycles. The minimum absolute atomic E-state index is 0.612. The lowest BCUT2D eigenvalue weighted by Crippen LogP contribution is -2.30. The van der Waals surface area contributed by atoms with E-state index in [1.165, 1.54) is 45.2 Å². The van der Waals surface area contributed by atoms with Gasteiger partial charge in [0.25, 0.3) is 0 Å². The van der Waals surface area contributed by atoms with Crippen LogP contribution in [0.4, 0.5) is 0 Å². The van der Waals surface area contributed by atoms with Crippen LogP contribution in [0.15, 0.2) is 11.3 Å². The lowest BCUT2D eigenvalue weighted by atomic mass is 9.93. The molecular formula is C21H41N.